The van der Waals surface area contributed by atoms with E-state index in [1.165, 1.54) is 5.56 Å². The summed E-state index contributed by atoms with van der Waals surface area (Å²) in [5, 5.41) is 11.6. The number of aromatic nitrogens is 3. The third kappa shape index (κ3) is 4.96. The van der Waals surface area contributed by atoms with E-state index in [0.29, 0.717) is 23.2 Å². The minimum Gasteiger partial charge on any atom is -0.339 e. The van der Waals surface area contributed by atoms with Gasteiger partial charge in [-0.15, -0.1) is 5.10 Å². The molecule has 1 fully saturated rings. The van der Waals surface area contributed by atoms with E-state index in [4.69, 9.17) is 0 Å². The van der Waals surface area contributed by atoms with Gasteiger partial charge in [0.15, 0.2) is 11.6 Å². The Balaban J connectivity index is 1.38. The number of benzene rings is 2. The predicted molar refractivity (Wildman–Crippen MR) is 115 cm³/mol. The number of ketones is 1. The van der Waals surface area contributed by atoms with Gasteiger partial charge >= 0.3 is 0 Å². The maximum Gasteiger partial charge on any atom is 0.247 e. The van der Waals surface area contributed by atoms with Crippen LogP contribution in [-0.4, -0.2) is 34.1 Å². The third-order valence-corrected chi connectivity index (χ3v) is 5.35. The van der Waals surface area contributed by atoms with Crippen molar-refractivity contribution in [1.29, 1.82) is 0 Å². The molecule has 4 rings (SSSR count). The molecule has 1 aliphatic rings. The fourth-order valence-electron chi connectivity index (χ4n) is 3.74. The summed E-state index contributed by atoms with van der Waals surface area (Å²) in [6.07, 6.45) is 4.97. The van der Waals surface area contributed by atoms with Crippen LogP contribution in [0, 0.1) is 5.92 Å². The van der Waals surface area contributed by atoms with Gasteiger partial charge in [-0.2, -0.15) is 10.1 Å². The van der Waals surface area contributed by atoms with Gasteiger partial charge in [-0.3, -0.25) is 4.79 Å². The van der Waals surface area contributed by atoms with Crippen LogP contribution in [0.25, 0.3) is 0 Å². The maximum absolute atomic E-state index is 11.6. The normalized spacial score (nSPS) is 14.6. The Morgan fingerprint density at radius 1 is 1.10 bits per heavy atom. The van der Waals surface area contributed by atoms with Crippen LogP contribution >= 0.6 is 0 Å². The van der Waals surface area contributed by atoms with Crippen molar-refractivity contribution in [2.24, 2.45) is 5.92 Å². The molecule has 1 saturated heterocycles. The van der Waals surface area contributed by atoms with E-state index in [0.717, 1.165) is 38.0 Å². The van der Waals surface area contributed by atoms with Crippen LogP contribution in [0.1, 0.15) is 35.7 Å². The summed E-state index contributed by atoms with van der Waals surface area (Å²) in [5.74, 6) is 2.00. The topological polar surface area (TPSA) is 71.0 Å². The van der Waals surface area contributed by atoms with Crippen molar-refractivity contribution >= 4 is 23.2 Å². The maximum atomic E-state index is 11.6. The molecular weight excluding hydrogens is 362 g/mol. The Morgan fingerprint density at radius 3 is 2.66 bits per heavy atom. The highest BCUT2D eigenvalue weighted by Crippen LogP contribution is 2.24. The summed E-state index contributed by atoms with van der Waals surface area (Å²) >= 11 is 0. The minimum atomic E-state index is 0.0357. The molecule has 2 aromatic carbocycles. The molecule has 1 aromatic heterocycles. The van der Waals surface area contributed by atoms with E-state index in [2.05, 4.69) is 55.7 Å². The number of piperidine rings is 1. The Morgan fingerprint density at radius 2 is 1.90 bits per heavy atom. The quantitative estimate of drug-likeness (QED) is 0.637. The number of hydrogen-bond donors (Lipinski definition) is 1. The molecule has 29 heavy (non-hydrogen) atoms. The van der Waals surface area contributed by atoms with Crippen LogP contribution in [0.3, 0.4) is 0 Å². The second-order valence-corrected chi connectivity index (χ2v) is 7.52. The monoisotopic (exact) mass is 387 g/mol. The smallest absolute Gasteiger partial charge is 0.247 e. The summed E-state index contributed by atoms with van der Waals surface area (Å²) in [6.45, 7) is 3.43. The van der Waals surface area contributed by atoms with Crippen LogP contribution in [-0.2, 0) is 6.42 Å². The summed E-state index contributed by atoms with van der Waals surface area (Å²) in [5.41, 5.74) is 2.88. The minimum absolute atomic E-state index is 0.0357. The summed E-state index contributed by atoms with van der Waals surface area (Å²) < 4.78 is 0. The van der Waals surface area contributed by atoms with Gasteiger partial charge in [0.2, 0.25) is 5.95 Å². The van der Waals surface area contributed by atoms with Gasteiger partial charge in [0.05, 0.1) is 6.20 Å². The highest BCUT2D eigenvalue weighted by molar-refractivity contribution is 5.95. The first-order valence-electron chi connectivity index (χ1n) is 10.0. The van der Waals surface area contributed by atoms with Gasteiger partial charge in [0.1, 0.15) is 0 Å². The van der Waals surface area contributed by atoms with Gasteiger partial charge in [-0.25, -0.2) is 0 Å². The zero-order valence-corrected chi connectivity index (χ0v) is 16.6. The molecule has 6 nitrogen and oxygen atoms in total. The molecule has 0 saturated carbocycles. The first-order chi connectivity index (χ1) is 14.2. The Bertz CT molecular complexity index is 968. The van der Waals surface area contributed by atoms with Crippen molar-refractivity contribution in [3.05, 3.63) is 71.9 Å². The third-order valence-electron chi connectivity index (χ3n) is 5.35. The number of carbonyl (C=O) groups is 1. The van der Waals surface area contributed by atoms with E-state index in [-0.39, 0.29) is 5.78 Å². The molecule has 6 heteroatoms. The van der Waals surface area contributed by atoms with Crippen molar-refractivity contribution in [3.8, 4) is 0 Å². The molecule has 0 aliphatic carbocycles. The highest BCUT2D eigenvalue weighted by Gasteiger charge is 2.21. The van der Waals surface area contributed by atoms with Crippen LogP contribution in [0.4, 0.5) is 17.5 Å². The van der Waals surface area contributed by atoms with E-state index < -0.39 is 0 Å². The lowest BCUT2D eigenvalue weighted by atomic mass is 9.90. The molecule has 0 unspecified atom stereocenters. The number of carbonyl (C=O) groups excluding carboxylic acids is 1. The molecule has 0 radical (unpaired) electrons. The number of hydrogen-bond acceptors (Lipinski definition) is 6. The zero-order chi connectivity index (χ0) is 20.1. The molecule has 0 amide bonds. The number of Topliss-reactive ketones (excluding diaryl/α,β-unsaturated/α-hetero) is 1. The van der Waals surface area contributed by atoms with Crippen LogP contribution in [0.5, 0.6) is 0 Å². The average Bonchev–Trinajstić information content (AvgIpc) is 2.75. The number of rotatable bonds is 6. The van der Waals surface area contributed by atoms with Gasteiger partial charge in [0.25, 0.3) is 0 Å². The van der Waals surface area contributed by atoms with Crippen molar-refractivity contribution < 1.29 is 4.79 Å². The van der Waals surface area contributed by atoms with E-state index in [1.807, 2.05) is 18.2 Å². The van der Waals surface area contributed by atoms with Crippen molar-refractivity contribution in [2.75, 3.05) is 23.3 Å². The Kier molecular flexibility index (Phi) is 5.79. The molecule has 1 N–H and O–H groups in total. The Hall–Kier alpha value is -3.28. The van der Waals surface area contributed by atoms with Crippen LogP contribution in [0.15, 0.2) is 60.8 Å². The molecule has 3 aromatic rings. The van der Waals surface area contributed by atoms with Crippen LogP contribution in [0.2, 0.25) is 0 Å². The van der Waals surface area contributed by atoms with Crippen molar-refractivity contribution in [2.45, 2.75) is 26.2 Å². The standard InChI is InChI=1S/C23H25N5O/c1-17(29)20-8-5-9-21(15-20)25-22-16-24-27-23(26-22)28-12-10-19(11-13-28)14-18-6-3-2-4-7-18/h2-9,15-16,19H,10-14H2,1H3,(H,25,26,27). The largest absolute Gasteiger partial charge is 0.339 e. The summed E-state index contributed by atoms with van der Waals surface area (Å²) in [6, 6.07) is 18.1. The first kappa shape index (κ1) is 19.1. The SMILES string of the molecule is CC(=O)c1cccc(Nc2cnnc(N3CCC(Cc4ccccc4)CC3)n2)c1. The molecule has 148 valence electrons. The second kappa shape index (κ2) is 8.82. The molecule has 0 spiro atoms. The van der Waals surface area contributed by atoms with Gasteiger partial charge < -0.3 is 10.2 Å². The lowest BCUT2D eigenvalue weighted by molar-refractivity contribution is 0.101. The lowest BCUT2D eigenvalue weighted by Gasteiger charge is -2.31. The van der Waals surface area contributed by atoms with Gasteiger partial charge in [-0.05, 0) is 49.8 Å². The fraction of sp³-hybridized carbons (Fsp3) is 0.304. The lowest BCUT2D eigenvalue weighted by Crippen LogP contribution is -2.35. The second-order valence-electron chi connectivity index (χ2n) is 7.52. The first-order valence-corrected chi connectivity index (χ1v) is 10.0. The molecule has 2 heterocycles. The van der Waals surface area contributed by atoms with E-state index in [1.54, 1.807) is 19.2 Å². The number of nitrogens with one attached hydrogen (secondary N) is 1. The van der Waals surface area contributed by atoms with Crippen molar-refractivity contribution in [3.63, 3.8) is 0 Å². The highest BCUT2D eigenvalue weighted by atomic mass is 16.1. The van der Waals surface area contributed by atoms with Gasteiger partial charge in [-0.1, -0.05) is 42.5 Å². The van der Waals surface area contributed by atoms with Crippen molar-refractivity contribution in [1.82, 2.24) is 15.2 Å². The number of anilines is 3. The van der Waals surface area contributed by atoms with E-state index in [9.17, 15) is 4.79 Å². The number of nitrogens with zero attached hydrogens (tertiary/aromatic N) is 4. The Labute approximate surface area is 171 Å². The van der Waals surface area contributed by atoms with E-state index >= 15 is 0 Å². The fourth-order valence-corrected chi connectivity index (χ4v) is 3.74. The van der Waals surface area contributed by atoms with Gasteiger partial charge in [0, 0.05) is 24.3 Å². The summed E-state index contributed by atoms with van der Waals surface area (Å²) in [4.78, 5) is 18.4. The molecule has 1 aliphatic heterocycles. The molecule has 0 bridgehead atoms. The molecule has 0 atom stereocenters. The molecular formula is C23H25N5O. The average molecular weight is 387 g/mol. The zero-order valence-electron chi connectivity index (χ0n) is 16.6. The summed E-state index contributed by atoms with van der Waals surface area (Å²) in [7, 11) is 0. The van der Waals surface area contributed by atoms with Crippen LogP contribution < -0.4 is 10.2 Å². The predicted octanol–water partition coefficient (Wildman–Crippen LogP) is 4.28.